The molecule has 0 bridgehead atoms. The molecule has 0 aromatic heterocycles. The van der Waals surface area contributed by atoms with Gasteiger partial charge in [-0.25, -0.2) is 9.68 Å². The van der Waals surface area contributed by atoms with Gasteiger partial charge in [0.2, 0.25) is 0 Å². The standard InChI is InChI=1S/C10H18O4/c1-5-8(14-12)6-7-9(11)13-10(2,3)4/h6-8,12H,5H2,1-4H3/b7-6+/t8-/m0/s1. The van der Waals surface area contributed by atoms with Gasteiger partial charge in [0.15, 0.2) is 0 Å². The molecule has 0 aromatic rings. The van der Waals surface area contributed by atoms with E-state index < -0.39 is 17.7 Å². The van der Waals surface area contributed by atoms with Crippen molar-refractivity contribution in [1.29, 1.82) is 0 Å². The van der Waals surface area contributed by atoms with Gasteiger partial charge < -0.3 is 4.74 Å². The van der Waals surface area contributed by atoms with Crippen LogP contribution in [0.3, 0.4) is 0 Å². The highest BCUT2D eigenvalue weighted by Gasteiger charge is 2.14. The zero-order chi connectivity index (χ0) is 11.2. The molecule has 1 N–H and O–H groups in total. The average Bonchev–Trinajstić information content (AvgIpc) is 2.03. The Morgan fingerprint density at radius 3 is 2.43 bits per heavy atom. The van der Waals surface area contributed by atoms with Crippen LogP contribution in [-0.4, -0.2) is 22.9 Å². The summed E-state index contributed by atoms with van der Waals surface area (Å²) in [5.74, 6) is -0.437. The second-order valence-corrected chi connectivity index (χ2v) is 3.94. The Morgan fingerprint density at radius 2 is 2.07 bits per heavy atom. The molecule has 0 heterocycles. The van der Waals surface area contributed by atoms with E-state index in [0.717, 1.165) is 0 Å². The number of hydrogen-bond acceptors (Lipinski definition) is 4. The van der Waals surface area contributed by atoms with Crippen LogP contribution >= 0.6 is 0 Å². The summed E-state index contributed by atoms with van der Waals surface area (Å²) in [5.41, 5.74) is -0.497. The number of ether oxygens (including phenoxy) is 1. The van der Waals surface area contributed by atoms with Gasteiger partial charge in [0.05, 0.1) is 0 Å². The van der Waals surface area contributed by atoms with Gasteiger partial charge in [-0.3, -0.25) is 5.26 Å². The fraction of sp³-hybridized carbons (Fsp3) is 0.700. The van der Waals surface area contributed by atoms with Crippen LogP contribution in [0.2, 0.25) is 0 Å². The van der Waals surface area contributed by atoms with Crippen molar-refractivity contribution >= 4 is 5.97 Å². The van der Waals surface area contributed by atoms with Crippen LogP contribution in [0.5, 0.6) is 0 Å². The molecule has 82 valence electrons. The minimum absolute atomic E-state index is 0.437. The molecule has 0 aliphatic carbocycles. The fourth-order valence-corrected chi connectivity index (χ4v) is 0.767. The molecule has 0 saturated carbocycles. The van der Waals surface area contributed by atoms with Crippen molar-refractivity contribution in [3.63, 3.8) is 0 Å². The van der Waals surface area contributed by atoms with Crippen molar-refractivity contribution in [2.45, 2.75) is 45.8 Å². The number of carbonyl (C=O) groups excluding carboxylic acids is 1. The van der Waals surface area contributed by atoms with E-state index in [-0.39, 0.29) is 0 Å². The maximum Gasteiger partial charge on any atom is 0.331 e. The van der Waals surface area contributed by atoms with Crippen LogP contribution in [0, 0.1) is 0 Å². The van der Waals surface area contributed by atoms with E-state index in [9.17, 15) is 4.79 Å². The molecule has 0 rings (SSSR count). The molecule has 0 aliphatic rings. The molecule has 14 heavy (non-hydrogen) atoms. The molecule has 0 radical (unpaired) electrons. The Balaban J connectivity index is 4.05. The third kappa shape index (κ3) is 6.62. The zero-order valence-corrected chi connectivity index (χ0v) is 9.11. The highest BCUT2D eigenvalue weighted by molar-refractivity contribution is 5.82. The molecule has 4 nitrogen and oxygen atoms in total. The van der Waals surface area contributed by atoms with E-state index in [0.29, 0.717) is 6.42 Å². The molecule has 0 aliphatic heterocycles. The van der Waals surface area contributed by atoms with Crippen LogP contribution in [0.25, 0.3) is 0 Å². The Kier molecular flexibility index (Phi) is 5.42. The summed E-state index contributed by atoms with van der Waals surface area (Å²) in [6.07, 6.45) is 2.86. The number of rotatable bonds is 4. The molecule has 0 amide bonds. The minimum atomic E-state index is -0.497. The molecule has 0 saturated heterocycles. The molecule has 0 aromatic carbocycles. The first-order valence-electron chi connectivity index (χ1n) is 4.60. The second-order valence-electron chi connectivity index (χ2n) is 3.94. The van der Waals surface area contributed by atoms with E-state index in [1.54, 1.807) is 20.8 Å². The summed E-state index contributed by atoms with van der Waals surface area (Å²) >= 11 is 0. The maximum atomic E-state index is 11.1. The third-order valence-electron chi connectivity index (χ3n) is 1.39. The summed E-state index contributed by atoms with van der Waals surface area (Å²) in [4.78, 5) is 15.2. The first-order chi connectivity index (χ1) is 6.39. The van der Waals surface area contributed by atoms with Crippen molar-refractivity contribution < 1.29 is 19.7 Å². The lowest BCUT2D eigenvalue weighted by Gasteiger charge is -2.18. The quantitative estimate of drug-likeness (QED) is 0.328. The molecule has 1 atom stereocenters. The van der Waals surface area contributed by atoms with Gasteiger partial charge in [-0.05, 0) is 33.3 Å². The second kappa shape index (κ2) is 5.78. The van der Waals surface area contributed by atoms with Gasteiger partial charge in [0.1, 0.15) is 11.7 Å². The molecular formula is C10H18O4. The molecule has 0 spiro atoms. The third-order valence-corrected chi connectivity index (χ3v) is 1.39. The lowest BCUT2D eigenvalue weighted by Crippen LogP contribution is -2.22. The highest BCUT2D eigenvalue weighted by Crippen LogP contribution is 2.07. The summed E-state index contributed by atoms with van der Waals surface area (Å²) in [6, 6.07) is 0. The van der Waals surface area contributed by atoms with Gasteiger partial charge in [-0.2, -0.15) is 0 Å². The van der Waals surface area contributed by atoms with E-state index >= 15 is 0 Å². The van der Waals surface area contributed by atoms with E-state index in [2.05, 4.69) is 4.89 Å². The van der Waals surface area contributed by atoms with Gasteiger partial charge in [0.25, 0.3) is 0 Å². The predicted molar refractivity (Wildman–Crippen MR) is 52.8 cm³/mol. The largest absolute Gasteiger partial charge is 0.457 e. The van der Waals surface area contributed by atoms with Crippen LogP contribution in [-0.2, 0) is 14.4 Å². The Hall–Kier alpha value is -0.870. The zero-order valence-electron chi connectivity index (χ0n) is 9.11. The molecular weight excluding hydrogens is 184 g/mol. The van der Waals surface area contributed by atoms with Crippen molar-refractivity contribution in [1.82, 2.24) is 0 Å². The van der Waals surface area contributed by atoms with Crippen molar-refractivity contribution in [3.05, 3.63) is 12.2 Å². The SMILES string of the molecule is CC[C@@H](/C=C/C(=O)OC(C)(C)C)OO. The summed E-state index contributed by atoms with van der Waals surface area (Å²) in [7, 11) is 0. The predicted octanol–water partition coefficient (Wildman–Crippen LogP) is 2.15. The minimum Gasteiger partial charge on any atom is -0.457 e. The van der Waals surface area contributed by atoms with Gasteiger partial charge in [-0.15, -0.1) is 0 Å². The summed E-state index contributed by atoms with van der Waals surface area (Å²) < 4.78 is 5.01. The number of esters is 1. The van der Waals surface area contributed by atoms with Crippen molar-refractivity contribution in [2.75, 3.05) is 0 Å². The van der Waals surface area contributed by atoms with Crippen LogP contribution < -0.4 is 0 Å². The fourth-order valence-electron chi connectivity index (χ4n) is 0.767. The molecule has 0 fully saturated rings. The van der Waals surface area contributed by atoms with Crippen LogP contribution in [0.15, 0.2) is 12.2 Å². The maximum absolute atomic E-state index is 11.1. The topological polar surface area (TPSA) is 55.8 Å². The Morgan fingerprint density at radius 1 is 1.50 bits per heavy atom. The summed E-state index contributed by atoms with van der Waals surface area (Å²) in [5, 5.41) is 8.37. The number of carbonyl (C=O) groups is 1. The molecule has 4 heteroatoms. The smallest absolute Gasteiger partial charge is 0.331 e. The normalized spacial score (nSPS) is 14.4. The van der Waals surface area contributed by atoms with Crippen LogP contribution in [0.1, 0.15) is 34.1 Å². The van der Waals surface area contributed by atoms with Gasteiger partial charge in [-0.1, -0.05) is 6.92 Å². The van der Waals surface area contributed by atoms with E-state index in [4.69, 9.17) is 9.99 Å². The van der Waals surface area contributed by atoms with E-state index in [1.807, 2.05) is 6.92 Å². The van der Waals surface area contributed by atoms with Gasteiger partial charge >= 0.3 is 5.97 Å². The Labute approximate surface area is 84.4 Å². The van der Waals surface area contributed by atoms with Crippen LogP contribution in [0.4, 0.5) is 0 Å². The average molecular weight is 202 g/mol. The van der Waals surface area contributed by atoms with Crippen molar-refractivity contribution in [2.24, 2.45) is 0 Å². The Bertz CT molecular complexity index is 199. The lowest BCUT2D eigenvalue weighted by atomic mass is 10.2. The van der Waals surface area contributed by atoms with Crippen molar-refractivity contribution in [3.8, 4) is 0 Å². The molecule has 0 unspecified atom stereocenters. The lowest BCUT2D eigenvalue weighted by molar-refractivity contribution is -0.266. The van der Waals surface area contributed by atoms with Gasteiger partial charge in [0, 0.05) is 6.08 Å². The highest BCUT2D eigenvalue weighted by atomic mass is 17.1. The monoisotopic (exact) mass is 202 g/mol. The first kappa shape index (κ1) is 13.1. The summed E-state index contributed by atoms with van der Waals surface area (Å²) in [6.45, 7) is 7.20. The van der Waals surface area contributed by atoms with E-state index in [1.165, 1.54) is 12.2 Å². The first-order valence-corrected chi connectivity index (χ1v) is 4.60. The number of hydrogen-bond donors (Lipinski definition) is 1.